The van der Waals surface area contributed by atoms with Gasteiger partial charge in [0.05, 0.1) is 12.2 Å². The normalized spacial score (nSPS) is 16.7. The van der Waals surface area contributed by atoms with Crippen molar-refractivity contribution in [3.63, 3.8) is 0 Å². The van der Waals surface area contributed by atoms with Crippen LogP contribution in [-0.4, -0.2) is 95.7 Å². The third kappa shape index (κ3) is 3.87. The first kappa shape index (κ1) is 19.1. The van der Waals surface area contributed by atoms with Crippen LogP contribution in [0.5, 0.6) is 0 Å². The van der Waals surface area contributed by atoms with Crippen LogP contribution in [0.3, 0.4) is 0 Å². The van der Waals surface area contributed by atoms with Gasteiger partial charge in [-0.25, -0.2) is 4.79 Å². The van der Waals surface area contributed by atoms with Crippen LogP contribution in [0.4, 0.5) is 4.79 Å². The van der Waals surface area contributed by atoms with Gasteiger partial charge in [-0.1, -0.05) is 0 Å². The van der Waals surface area contributed by atoms with Gasteiger partial charge in [0.1, 0.15) is 5.82 Å². The molecule has 3 heterocycles. The molecular formula is C18H26N6O3. The molecule has 3 rings (SSSR count). The number of carbonyl (C=O) groups excluding carboxylic acids is 2. The van der Waals surface area contributed by atoms with Gasteiger partial charge in [0.2, 0.25) is 0 Å². The van der Waals surface area contributed by atoms with E-state index >= 15 is 0 Å². The molecule has 0 bridgehead atoms. The zero-order valence-corrected chi connectivity index (χ0v) is 16.3. The number of urea groups is 1. The van der Waals surface area contributed by atoms with E-state index in [2.05, 4.69) is 10.2 Å². The lowest BCUT2D eigenvalue weighted by Crippen LogP contribution is -2.37. The first-order valence-electron chi connectivity index (χ1n) is 8.97. The van der Waals surface area contributed by atoms with Gasteiger partial charge in [0, 0.05) is 60.0 Å². The third-order valence-electron chi connectivity index (χ3n) is 4.86. The lowest BCUT2D eigenvalue weighted by atomic mass is 10.1. The molecule has 27 heavy (non-hydrogen) atoms. The Balaban J connectivity index is 1.82. The molecule has 0 spiro atoms. The minimum Gasteiger partial charge on any atom is -0.383 e. The highest BCUT2D eigenvalue weighted by Gasteiger charge is 2.31. The van der Waals surface area contributed by atoms with E-state index in [1.54, 1.807) is 56.4 Å². The van der Waals surface area contributed by atoms with E-state index < -0.39 is 0 Å². The van der Waals surface area contributed by atoms with Gasteiger partial charge < -0.3 is 19.4 Å². The van der Waals surface area contributed by atoms with E-state index in [1.165, 1.54) is 0 Å². The number of methoxy groups -OCH3 is 1. The highest BCUT2D eigenvalue weighted by atomic mass is 16.5. The van der Waals surface area contributed by atoms with Crippen LogP contribution < -0.4 is 0 Å². The van der Waals surface area contributed by atoms with E-state index in [0.29, 0.717) is 37.5 Å². The lowest BCUT2D eigenvalue weighted by molar-refractivity contribution is 0.0743. The summed E-state index contributed by atoms with van der Waals surface area (Å²) < 4.78 is 6.90. The summed E-state index contributed by atoms with van der Waals surface area (Å²) in [6.07, 6.45) is 2.61. The summed E-state index contributed by atoms with van der Waals surface area (Å²) in [5.74, 6) is 0.804. The number of aromatic nitrogens is 3. The van der Waals surface area contributed by atoms with Crippen molar-refractivity contribution >= 4 is 17.6 Å². The highest BCUT2D eigenvalue weighted by Crippen LogP contribution is 2.27. The number of likely N-dealkylation sites (N-methyl/N-ethyl adjacent to an activating group) is 1. The first-order valence-corrected chi connectivity index (χ1v) is 8.97. The SMILES string of the molecule is COCCN(C)C(=O)c1ccc2nnc([C@@H]3CCN(C(=O)N(C)C)C3)n2c1. The predicted molar refractivity (Wildman–Crippen MR) is 99.8 cm³/mol. The number of pyridine rings is 1. The van der Waals surface area contributed by atoms with Gasteiger partial charge in [-0.3, -0.25) is 9.20 Å². The number of likely N-dealkylation sites (tertiary alicyclic amines) is 1. The molecule has 9 nitrogen and oxygen atoms in total. The van der Waals surface area contributed by atoms with Crippen LogP contribution in [0.2, 0.25) is 0 Å². The molecule has 0 radical (unpaired) electrons. The molecule has 2 aromatic rings. The Bertz CT molecular complexity index is 834. The molecule has 1 fully saturated rings. The zero-order valence-electron chi connectivity index (χ0n) is 16.3. The van der Waals surface area contributed by atoms with Crippen molar-refractivity contribution in [3.05, 3.63) is 29.7 Å². The van der Waals surface area contributed by atoms with Crippen LogP contribution in [0.1, 0.15) is 28.5 Å². The molecule has 1 atom stereocenters. The first-order chi connectivity index (χ1) is 12.9. The van der Waals surface area contributed by atoms with E-state index in [4.69, 9.17) is 4.74 Å². The van der Waals surface area contributed by atoms with Crippen molar-refractivity contribution in [2.45, 2.75) is 12.3 Å². The average molecular weight is 374 g/mol. The number of nitrogens with zero attached hydrogens (tertiary/aromatic N) is 6. The minimum absolute atomic E-state index is 0.00181. The number of hydrogen-bond acceptors (Lipinski definition) is 5. The van der Waals surface area contributed by atoms with Gasteiger partial charge in [-0.2, -0.15) is 0 Å². The number of amides is 3. The fourth-order valence-electron chi connectivity index (χ4n) is 3.29. The molecule has 0 N–H and O–H groups in total. The van der Waals surface area contributed by atoms with Crippen LogP contribution in [0.15, 0.2) is 18.3 Å². The fraction of sp³-hybridized carbons (Fsp3) is 0.556. The Kier molecular flexibility index (Phi) is 5.59. The van der Waals surface area contributed by atoms with E-state index in [1.807, 2.05) is 9.30 Å². The number of fused-ring (bicyclic) bond motifs is 1. The maximum absolute atomic E-state index is 12.6. The van der Waals surface area contributed by atoms with E-state index in [0.717, 1.165) is 12.2 Å². The van der Waals surface area contributed by atoms with Gasteiger partial charge in [0.15, 0.2) is 5.65 Å². The minimum atomic E-state index is -0.0792. The van der Waals surface area contributed by atoms with Crippen molar-refractivity contribution in [2.75, 3.05) is 54.5 Å². The maximum atomic E-state index is 12.6. The molecule has 9 heteroatoms. The maximum Gasteiger partial charge on any atom is 0.319 e. The zero-order chi connectivity index (χ0) is 19.6. The van der Waals surface area contributed by atoms with Crippen LogP contribution in [0.25, 0.3) is 5.65 Å². The average Bonchev–Trinajstić information content (AvgIpc) is 3.30. The molecular weight excluding hydrogens is 348 g/mol. The lowest BCUT2D eigenvalue weighted by Gasteiger charge is -2.21. The van der Waals surface area contributed by atoms with Crippen LogP contribution >= 0.6 is 0 Å². The molecule has 3 amide bonds. The van der Waals surface area contributed by atoms with Crippen molar-refractivity contribution in [1.82, 2.24) is 29.3 Å². The summed E-state index contributed by atoms with van der Waals surface area (Å²) in [5.41, 5.74) is 1.26. The van der Waals surface area contributed by atoms with Crippen molar-refractivity contribution in [2.24, 2.45) is 0 Å². The van der Waals surface area contributed by atoms with Gasteiger partial charge in [-0.15, -0.1) is 10.2 Å². The number of rotatable bonds is 5. The largest absolute Gasteiger partial charge is 0.383 e. The monoisotopic (exact) mass is 374 g/mol. The smallest absolute Gasteiger partial charge is 0.319 e. The summed E-state index contributed by atoms with van der Waals surface area (Å²) >= 11 is 0. The van der Waals surface area contributed by atoms with E-state index in [9.17, 15) is 9.59 Å². The Labute approximate surface area is 158 Å². The molecule has 0 aromatic carbocycles. The second-order valence-electron chi connectivity index (χ2n) is 7.03. The predicted octanol–water partition coefficient (Wildman–Crippen LogP) is 0.919. The number of carbonyl (C=O) groups is 2. The Hall–Kier alpha value is -2.68. The number of ether oxygens (including phenoxy) is 1. The Morgan fingerprint density at radius 3 is 2.74 bits per heavy atom. The summed E-state index contributed by atoms with van der Waals surface area (Å²) in [7, 11) is 6.86. The summed E-state index contributed by atoms with van der Waals surface area (Å²) in [4.78, 5) is 29.8. The molecule has 1 aliphatic rings. The van der Waals surface area contributed by atoms with Crippen molar-refractivity contribution in [1.29, 1.82) is 0 Å². The molecule has 2 aromatic heterocycles. The topological polar surface area (TPSA) is 83.3 Å². The molecule has 0 aliphatic carbocycles. The summed E-state index contributed by atoms with van der Waals surface area (Å²) in [6, 6.07) is 3.56. The number of hydrogen-bond donors (Lipinski definition) is 0. The standard InChI is InChI=1S/C18H26N6O3/c1-21(2)18(26)23-8-7-13(11-23)16-20-19-15-6-5-14(12-24(15)16)17(25)22(3)9-10-27-4/h5-6,12-13H,7-11H2,1-4H3/t13-/m1/s1. The van der Waals surface area contributed by atoms with Gasteiger partial charge >= 0.3 is 6.03 Å². The van der Waals surface area contributed by atoms with Gasteiger partial charge in [-0.05, 0) is 18.6 Å². The Morgan fingerprint density at radius 2 is 2.04 bits per heavy atom. The van der Waals surface area contributed by atoms with Crippen molar-refractivity contribution in [3.8, 4) is 0 Å². The molecule has 0 unspecified atom stereocenters. The fourth-order valence-corrected chi connectivity index (χ4v) is 3.29. The van der Waals surface area contributed by atoms with E-state index in [-0.39, 0.29) is 17.9 Å². The Morgan fingerprint density at radius 1 is 1.26 bits per heavy atom. The van der Waals surface area contributed by atoms with Crippen LogP contribution in [0, 0.1) is 0 Å². The second kappa shape index (κ2) is 7.91. The molecule has 1 saturated heterocycles. The second-order valence-corrected chi connectivity index (χ2v) is 7.03. The third-order valence-corrected chi connectivity index (χ3v) is 4.86. The highest BCUT2D eigenvalue weighted by molar-refractivity contribution is 5.94. The van der Waals surface area contributed by atoms with Gasteiger partial charge in [0.25, 0.3) is 5.91 Å². The molecule has 146 valence electrons. The summed E-state index contributed by atoms with van der Waals surface area (Å²) in [5, 5.41) is 8.54. The van der Waals surface area contributed by atoms with Crippen LogP contribution in [-0.2, 0) is 4.74 Å². The quantitative estimate of drug-likeness (QED) is 0.777. The summed E-state index contributed by atoms with van der Waals surface area (Å²) in [6.45, 7) is 2.30. The molecule has 1 aliphatic heterocycles. The van der Waals surface area contributed by atoms with Crippen molar-refractivity contribution < 1.29 is 14.3 Å². The molecule has 0 saturated carbocycles.